The minimum Gasteiger partial charge on any atom is -0.478 e. The standard InChI is InChI=1S/C12H8Br2N2O3/c13-6-1-2-9(8(3-6)12(18)19)16-11(17)10-4-7(14)5-15-10/h1-5,15H,(H,16,17)(H,18,19). The molecule has 0 atom stereocenters. The molecule has 0 bridgehead atoms. The van der Waals surface area contributed by atoms with Crippen LogP contribution in [0, 0.1) is 0 Å². The summed E-state index contributed by atoms with van der Waals surface area (Å²) in [5, 5.41) is 11.6. The van der Waals surface area contributed by atoms with Crippen LogP contribution in [0.2, 0.25) is 0 Å². The molecule has 1 amide bonds. The van der Waals surface area contributed by atoms with E-state index in [0.29, 0.717) is 10.2 Å². The number of anilines is 1. The van der Waals surface area contributed by atoms with Gasteiger partial charge in [-0.2, -0.15) is 0 Å². The van der Waals surface area contributed by atoms with Crippen LogP contribution in [-0.4, -0.2) is 22.0 Å². The van der Waals surface area contributed by atoms with Crippen molar-refractivity contribution in [2.24, 2.45) is 0 Å². The maximum atomic E-state index is 11.9. The van der Waals surface area contributed by atoms with Crippen LogP contribution in [0.5, 0.6) is 0 Å². The summed E-state index contributed by atoms with van der Waals surface area (Å²) < 4.78 is 1.37. The molecule has 2 rings (SSSR count). The molecular formula is C12H8Br2N2O3. The third-order valence-electron chi connectivity index (χ3n) is 2.35. The normalized spacial score (nSPS) is 10.2. The summed E-state index contributed by atoms with van der Waals surface area (Å²) in [6, 6.07) is 6.23. The summed E-state index contributed by atoms with van der Waals surface area (Å²) in [6.07, 6.45) is 1.62. The molecule has 98 valence electrons. The van der Waals surface area contributed by atoms with Crippen molar-refractivity contribution in [3.05, 3.63) is 50.7 Å². The molecule has 0 unspecified atom stereocenters. The highest BCUT2D eigenvalue weighted by Gasteiger charge is 2.14. The first-order valence-electron chi connectivity index (χ1n) is 5.15. The number of benzene rings is 1. The van der Waals surface area contributed by atoms with E-state index in [1.165, 1.54) is 12.1 Å². The van der Waals surface area contributed by atoms with E-state index in [1.54, 1.807) is 18.3 Å². The average Bonchev–Trinajstić information content (AvgIpc) is 2.78. The third kappa shape index (κ3) is 3.24. The summed E-state index contributed by atoms with van der Waals surface area (Å²) in [5.41, 5.74) is 0.603. The second kappa shape index (κ2) is 5.58. The van der Waals surface area contributed by atoms with Crippen LogP contribution in [0.15, 0.2) is 39.4 Å². The quantitative estimate of drug-likeness (QED) is 0.753. The topological polar surface area (TPSA) is 82.2 Å². The van der Waals surface area contributed by atoms with Gasteiger partial charge in [0.15, 0.2) is 0 Å². The van der Waals surface area contributed by atoms with Crippen molar-refractivity contribution >= 4 is 49.4 Å². The molecule has 0 fully saturated rings. The highest BCUT2D eigenvalue weighted by atomic mass is 79.9. The number of hydrogen-bond donors (Lipinski definition) is 3. The molecule has 0 aliphatic heterocycles. The molecule has 2 aromatic rings. The first kappa shape index (κ1) is 13.8. The number of aromatic carboxylic acids is 1. The third-order valence-corrected chi connectivity index (χ3v) is 3.30. The zero-order chi connectivity index (χ0) is 14.0. The molecule has 0 spiro atoms. The second-order valence-electron chi connectivity index (χ2n) is 3.68. The lowest BCUT2D eigenvalue weighted by Crippen LogP contribution is -2.15. The van der Waals surface area contributed by atoms with E-state index in [1.807, 2.05) is 0 Å². The number of H-pyrrole nitrogens is 1. The number of carbonyl (C=O) groups excluding carboxylic acids is 1. The van der Waals surface area contributed by atoms with Crippen LogP contribution in [0.4, 0.5) is 5.69 Å². The second-order valence-corrected chi connectivity index (χ2v) is 5.51. The van der Waals surface area contributed by atoms with Gasteiger partial charge in [-0.25, -0.2) is 4.79 Å². The van der Waals surface area contributed by atoms with Crippen LogP contribution in [0.1, 0.15) is 20.8 Å². The number of aromatic nitrogens is 1. The van der Waals surface area contributed by atoms with E-state index in [-0.39, 0.29) is 11.3 Å². The average molecular weight is 388 g/mol. The van der Waals surface area contributed by atoms with E-state index in [2.05, 4.69) is 42.2 Å². The first-order valence-corrected chi connectivity index (χ1v) is 6.74. The number of aromatic amines is 1. The Kier molecular flexibility index (Phi) is 4.06. The number of hydrogen-bond acceptors (Lipinski definition) is 2. The maximum Gasteiger partial charge on any atom is 0.337 e. The predicted molar refractivity (Wildman–Crippen MR) is 77.5 cm³/mol. The fourth-order valence-electron chi connectivity index (χ4n) is 1.49. The van der Waals surface area contributed by atoms with E-state index < -0.39 is 11.9 Å². The van der Waals surface area contributed by atoms with E-state index >= 15 is 0 Å². The fourth-order valence-corrected chi connectivity index (χ4v) is 2.20. The van der Waals surface area contributed by atoms with Crippen molar-refractivity contribution in [2.45, 2.75) is 0 Å². The molecule has 0 saturated heterocycles. The Hall–Kier alpha value is -1.60. The Bertz CT molecular complexity index is 652. The number of rotatable bonds is 3. The zero-order valence-corrected chi connectivity index (χ0v) is 12.6. The lowest BCUT2D eigenvalue weighted by Gasteiger charge is -2.08. The van der Waals surface area contributed by atoms with Gasteiger partial charge in [0.1, 0.15) is 5.69 Å². The van der Waals surface area contributed by atoms with Crippen molar-refractivity contribution in [3.63, 3.8) is 0 Å². The number of nitrogens with one attached hydrogen (secondary N) is 2. The van der Waals surface area contributed by atoms with Gasteiger partial charge in [-0.15, -0.1) is 0 Å². The van der Waals surface area contributed by atoms with Gasteiger partial charge in [-0.1, -0.05) is 15.9 Å². The minimum atomic E-state index is -1.11. The van der Waals surface area contributed by atoms with Gasteiger partial charge in [0, 0.05) is 15.1 Å². The van der Waals surface area contributed by atoms with Gasteiger partial charge in [0.2, 0.25) is 0 Å². The van der Waals surface area contributed by atoms with Gasteiger partial charge in [-0.3, -0.25) is 4.79 Å². The van der Waals surface area contributed by atoms with Crippen LogP contribution in [0.25, 0.3) is 0 Å². The molecule has 0 radical (unpaired) electrons. The molecule has 1 aromatic heterocycles. The summed E-state index contributed by atoms with van der Waals surface area (Å²) in [5.74, 6) is -1.51. The number of carboxylic acid groups (broad SMARTS) is 1. The maximum absolute atomic E-state index is 11.9. The summed E-state index contributed by atoms with van der Waals surface area (Å²) in [4.78, 5) is 25.8. The molecule has 0 aliphatic carbocycles. The minimum absolute atomic E-state index is 0.0216. The SMILES string of the molecule is O=C(Nc1ccc(Br)cc1C(=O)O)c1cc(Br)c[nH]1. The number of carboxylic acids is 1. The Labute approximate surface area is 125 Å². The van der Waals surface area contributed by atoms with E-state index in [9.17, 15) is 9.59 Å². The molecule has 7 heteroatoms. The van der Waals surface area contributed by atoms with E-state index in [4.69, 9.17) is 5.11 Å². The number of halogens is 2. The number of carbonyl (C=O) groups is 2. The van der Waals surface area contributed by atoms with Crippen molar-refractivity contribution in [1.82, 2.24) is 4.98 Å². The van der Waals surface area contributed by atoms with Crippen molar-refractivity contribution in [2.75, 3.05) is 5.32 Å². The Balaban J connectivity index is 2.28. The monoisotopic (exact) mass is 386 g/mol. The van der Waals surface area contributed by atoms with Gasteiger partial charge >= 0.3 is 5.97 Å². The molecule has 1 aromatic carbocycles. The van der Waals surface area contributed by atoms with Crippen LogP contribution >= 0.6 is 31.9 Å². The first-order chi connectivity index (χ1) is 8.97. The lowest BCUT2D eigenvalue weighted by molar-refractivity contribution is 0.0698. The van der Waals surface area contributed by atoms with Crippen molar-refractivity contribution in [3.8, 4) is 0 Å². The highest BCUT2D eigenvalue weighted by Crippen LogP contribution is 2.22. The Morgan fingerprint density at radius 2 is 1.89 bits per heavy atom. The summed E-state index contributed by atoms with van der Waals surface area (Å²) >= 11 is 6.41. The molecule has 5 nitrogen and oxygen atoms in total. The molecule has 0 aliphatic rings. The Morgan fingerprint density at radius 3 is 2.47 bits per heavy atom. The van der Waals surface area contributed by atoms with Crippen molar-refractivity contribution in [1.29, 1.82) is 0 Å². The molecular weight excluding hydrogens is 380 g/mol. The molecule has 1 heterocycles. The highest BCUT2D eigenvalue weighted by molar-refractivity contribution is 9.10. The van der Waals surface area contributed by atoms with Gasteiger partial charge in [0.25, 0.3) is 5.91 Å². The number of amides is 1. The molecule has 19 heavy (non-hydrogen) atoms. The lowest BCUT2D eigenvalue weighted by atomic mass is 10.2. The van der Waals surface area contributed by atoms with Crippen LogP contribution in [0.3, 0.4) is 0 Å². The van der Waals surface area contributed by atoms with Crippen LogP contribution in [-0.2, 0) is 0 Å². The van der Waals surface area contributed by atoms with E-state index in [0.717, 1.165) is 4.47 Å². The van der Waals surface area contributed by atoms with Gasteiger partial charge in [0.05, 0.1) is 11.3 Å². The summed E-state index contributed by atoms with van der Waals surface area (Å²) in [7, 11) is 0. The predicted octanol–water partition coefficient (Wildman–Crippen LogP) is 3.49. The van der Waals surface area contributed by atoms with Crippen LogP contribution < -0.4 is 5.32 Å². The molecule has 0 saturated carbocycles. The largest absolute Gasteiger partial charge is 0.478 e. The fraction of sp³-hybridized carbons (Fsp3) is 0. The summed E-state index contributed by atoms with van der Waals surface area (Å²) in [6.45, 7) is 0. The van der Waals surface area contributed by atoms with Crippen molar-refractivity contribution < 1.29 is 14.7 Å². The van der Waals surface area contributed by atoms with Gasteiger partial charge < -0.3 is 15.4 Å². The zero-order valence-electron chi connectivity index (χ0n) is 9.41. The van der Waals surface area contributed by atoms with Gasteiger partial charge in [-0.05, 0) is 40.2 Å². The smallest absolute Gasteiger partial charge is 0.337 e. The Morgan fingerprint density at radius 1 is 1.16 bits per heavy atom. The molecule has 3 N–H and O–H groups in total.